The van der Waals surface area contributed by atoms with Crippen molar-refractivity contribution in [3.05, 3.63) is 60.2 Å². The van der Waals surface area contributed by atoms with E-state index in [1.165, 1.54) is 0 Å². The number of carbonyl (C=O) groups is 3. The highest BCUT2D eigenvalue weighted by atomic mass is 16.5. The number of amides is 3. The summed E-state index contributed by atoms with van der Waals surface area (Å²) in [5.74, 6) is -0.286. The van der Waals surface area contributed by atoms with Gasteiger partial charge in [0.1, 0.15) is 5.75 Å². The van der Waals surface area contributed by atoms with Gasteiger partial charge in [0.15, 0.2) is 0 Å². The molecule has 0 saturated heterocycles. The van der Waals surface area contributed by atoms with Crippen LogP contribution in [0.2, 0.25) is 0 Å². The van der Waals surface area contributed by atoms with Gasteiger partial charge in [-0.2, -0.15) is 0 Å². The Morgan fingerprint density at radius 2 is 1.71 bits per heavy atom. The molecule has 0 aliphatic heterocycles. The Morgan fingerprint density at radius 3 is 2.29 bits per heavy atom. The first-order valence-corrected chi connectivity index (χ1v) is 10.6. The SMILES string of the molecule is CCC(C(=O)N(CC(=O)NCC(=O)Nc1ccc(OC)cc1)C1CC1)c1ccccc1. The third kappa shape index (κ3) is 6.31. The average molecular weight is 424 g/mol. The van der Waals surface area contributed by atoms with Gasteiger partial charge in [-0.25, -0.2) is 0 Å². The monoisotopic (exact) mass is 423 g/mol. The second-order valence-corrected chi connectivity index (χ2v) is 7.62. The van der Waals surface area contributed by atoms with Gasteiger partial charge in [0.2, 0.25) is 17.7 Å². The van der Waals surface area contributed by atoms with Gasteiger partial charge in [-0.3, -0.25) is 14.4 Å². The first-order valence-electron chi connectivity index (χ1n) is 10.6. The highest BCUT2D eigenvalue weighted by Crippen LogP contribution is 2.31. The molecule has 0 radical (unpaired) electrons. The van der Waals surface area contributed by atoms with E-state index in [4.69, 9.17) is 4.74 Å². The van der Waals surface area contributed by atoms with Gasteiger partial charge >= 0.3 is 0 Å². The molecule has 0 aromatic heterocycles. The maximum Gasteiger partial charge on any atom is 0.243 e. The minimum Gasteiger partial charge on any atom is -0.497 e. The van der Waals surface area contributed by atoms with Crippen LogP contribution >= 0.6 is 0 Å². The number of methoxy groups -OCH3 is 1. The Labute approximate surface area is 182 Å². The van der Waals surface area contributed by atoms with E-state index in [2.05, 4.69) is 10.6 Å². The maximum absolute atomic E-state index is 13.2. The number of ether oxygens (including phenoxy) is 1. The van der Waals surface area contributed by atoms with Crippen LogP contribution in [0.15, 0.2) is 54.6 Å². The molecule has 7 nitrogen and oxygen atoms in total. The van der Waals surface area contributed by atoms with Crippen molar-refractivity contribution in [3.8, 4) is 5.75 Å². The van der Waals surface area contributed by atoms with Crippen LogP contribution in [0.3, 0.4) is 0 Å². The maximum atomic E-state index is 13.2. The summed E-state index contributed by atoms with van der Waals surface area (Å²) in [4.78, 5) is 39.5. The van der Waals surface area contributed by atoms with E-state index in [0.29, 0.717) is 17.9 Å². The first kappa shape index (κ1) is 22.3. The van der Waals surface area contributed by atoms with Crippen LogP contribution in [0, 0.1) is 0 Å². The number of nitrogens with one attached hydrogen (secondary N) is 2. The van der Waals surface area contributed by atoms with Gasteiger partial charge < -0.3 is 20.3 Å². The normalized spacial score (nSPS) is 13.7. The number of anilines is 1. The van der Waals surface area contributed by atoms with E-state index in [1.807, 2.05) is 37.3 Å². The van der Waals surface area contributed by atoms with Crippen LogP contribution in [0.1, 0.15) is 37.7 Å². The zero-order valence-corrected chi connectivity index (χ0v) is 18.0. The number of hydrogen-bond donors (Lipinski definition) is 2. The second-order valence-electron chi connectivity index (χ2n) is 7.62. The van der Waals surface area contributed by atoms with E-state index in [-0.39, 0.29) is 42.8 Å². The average Bonchev–Trinajstić information content (AvgIpc) is 3.63. The molecule has 2 aromatic carbocycles. The van der Waals surface area contributed by atoms with Gasteiger partial charge in [-0.1, -0.05) is 37.3 Å². The Morgan fingerprint density at radius 1 is 1.03 bits per heavy atom. The minimum absolute atomic E-state index is 0.0333. The lowest BCUT2D eigenvalue weighted by Gasteiger charge is -2.26. The van der Waals surface area contributed by atoms with Crippen LogP contribution in [-0.4, -0.2) is 48.9 Å². The number of hydrogen-bond acceptors (Lipinski definition) is 4. The molecule has 0 heterocycles. The molecule has 2 N–H and O–H groups in total. The van der Waals surface area contributed by atoms with Crippen molar-refractivity contribution in [1.82, 2.24) is 10.2 Å². The summed E-state index contributed by atoms with van der Waals surface area (Å²) in [5, 5.41) is 5.34. The van der Waals surface area contributed by atoms with E-state index in [1.54, 1.807) is 36.3 Å². The molecule has 1 unspecified atom stereocenters. The second kappa shape index (κ2) is 10.6. The summed E-state index contributed by atoms with van der Waals surface area (Å²) in [6.07, 6.45) is 2.47. The summed E-state index contributed by atoms with van der Waals surface area (Å²) in [5.41, 5.74) is 1.57. The van der Waals surface area contributed by atoms with Crippen LogP contribution in [0.25, 0.3) is 0 Å². The summed E-state index contributed by atoms with van der Waals surface area (Å²) in [6.45, 7) is 1.78. The van der Waals surface area contributed by atoms with Gasteiger partial charge in [-0.05, 0) is 49.1 Å². The predicted octanol–water partition coefficient (Wildman–Crippen LogP) is 2.93. The number of nitrogens with zero attached hydrogens (tertiary/aromatic N) is 1. The highest BCUT2D eigenvalue weighted by Gasteiger charge is 2.36. The fraction of sp³-hybridized carbons (Fsp3) is 0.375. The fourth-order valence-corrected chi connectivity index (χ4v) is 3.48. The molecular weight excluding hydrogens is 394 g/mol. The largest absolute Gasteiger partial charge is 0.497 e. The Kier molecular flexibility index (Phi) is 7.65. The van der Waals surface area contributed by atoms with Crippen molar-refractivity contribution in [1.29, 1.82) is 0 Å². The topological polar surface area (TPSA) is 87.7 Å². The molecule has 1 aliphatic rings. The van der Waals surface area contributed by atoms with Crippen LogP contribution in [-0.2, 0) is 14.4 Å². The zero-order chi connectivity index (χ0) is 22.2. The van der Waals surface area contributed by atoms with Crippen LogP contribution in [0.4, 0.5) is 5.69 Å². The molecular formula is C24H29N3O4. The molecule has 0 spiro atoms. The third-order valence-electron chi connectivity index (χ3n) is 5.31. The Balaban J connectivity index is 1.53. The van der Waals surface area contributed by atoms with Crippen molar-refractivity contribution >= 4 is 23.4 Å². The lowest BCUT2D eigenvalue weighted by atomic mass is 9.95. The van der Waals surface area contributed by atoms with Crippen molar-refractivity contribution in [3.63, 3.8) is 0 Å². The fourth-order valence-electron chi connectivity index (χ4n) is 3.48. The molecule has 164 valence electrons. The number of carbonyl (C=O) groups excluding carboxylic acids is 3. The molecule has 31 heavy (non-hydrogen) atoms. The molecule has 1 saturated carbocycles. The lowest BCUT2D eigenvalue weighted by molar-refractivity contribution is -0.138. The summed E-state index contributed by atoms with van der Waals surface area (Å²) in [6, 6.07) is 16.7. The lowest BCUT2D eigenvalue weighted by Crippen LogP contribution is -2.45. The zero-order valence-electron chi connectivity index (χ0n) is 18.0. The summed E-state index contributed by atoms with van der Waals surface area (Å²) < 4.78 is 5.08. The Bertz CT molecular complexity index is 895. The number of rotatable bonds is 10. The molecule has 0 bridgehead atoms. The van der Waals surface area contributed by atoms with Gasteiger partial charge in [-0.15, -0.1) is 0 Å². The van der Waals surface area contributed by atoms with Crippen molar-refractivity contribution in [2.45, 2.75) is 38.1 Å². The van der Waals surface area contributed by atoms with E-state index in [0.717, 1.165) is 18.4 Å². The molecule has 1 fully saturated rings. The molecule has 3 rings (SSSR count). The highest BCUT2D eigenvalue weighted by molar-refractivity contribution is 5.95. The standard InChI is InChI=1S/C24H29N3O4/c1-3-21(17-7-5-4-6-8-17)24(30)27(19-11-12-19)16-23(29)25-15-22(28)26-18-9-13-20(31-2)14-10-18/h4-10,13-14,19,21H,3,11-12,15-16H2,1-2H3,(H,25,29)(H,26,28). The Hall–Kier alpha value is -3.35. The quantitative estimate of drug-likeness (QED) is 0.615. The minimum atomic E-state index is -0.340. The smallest absolute Gasteiger partial charge is 0.243 e. The first-order chi connectivity index (χ1) is 15.0. The van der Waals surface area contributed by atoms with Gasteiger partial charge in [0, 0.05) is 11.7 Å². The van der Waals surface area contributed by atoms with Crippen LogP contribution < -0.4 is 15.4 Å². The van der Waals surface area contributed by atoms with Crippen molar-refractivity contribution in [2.75, 3.05) is 25.5 Å². The summed E-state index contributed by atoms with van der Waals surface area (Å²) in [7, 11) is 1.57. The summed E-state index contributed by atoms with van der Waals surface area (Å²) >= 11 is 0. The van der Waals surface area contributed by atoms with Gasteiger partial charge in [0.25, 0.3) is 0 Å². The third-order valence-corrected chi connectivity index (χ3v) is 5.31. The van der Waals surface area contributed by atoms with E-state index >= 15 is 0 Å². The molecule has 1 aliphatic carbocycles. The molecule has 7 heteroatoms. The molecule has 2 aromatic rings. The van der Waals surface area contributed by atoms with Crippen molar-refractivity contribution in [2.24, 2.45) is 0 Å². The van der Waals surface area contributed by atoms with E-state index < -0.39 is 0 Å². The van der Waals surface area contributed by atoms with E-state index in [9.17, 15) is 14.4 Å². The van der Waals surface area contributed by atoms with Gasteiger partial charge in [0.05, 0.1) is 26.1 Å². The predicted molar refractivity (Wildman–Crippen MR) is 119 cm³/mol. The molecule has 3 amide bonds. The molecule has 1 atom stereocenters. The number of benzene rings is 2. The van der Waals surface area contributed by atoms with Crippen LogP contribution in [0.5, 0.6) is 5.75 Å². The van der Waals surface area contributed by atoms with Crippen molar-refractivity contribution < 1.29 is 19.1 Å².